The molecule has 5 heteroatoms. The van der Waals surface area contributed by atoms with Crippen LogP contribution in [0, 0.1) is 23.2 Å². The first-order valence-electron chi connectivity index (χ1n) is 13.4. The highest BCUT2D eigenvalue weighted by atomic mass is 16.6. The third kappa shape index (κ3) is 5.68. The Bertz CT molecular complexity index is 854. The van der Waals surface area contributed by atoms with E-state index in [1.54, 1.807) is 0 Å². The lowest BCUT2D eigenvalue weighted by molar-refractivity contribution is 0.0862. The molecule has 1 amide bonds. The van der Waals surface area contributed by atoms with Gasteiger partial charge in [0.1, 0.15) is 6.10 Å². The number of carbonyl (C=O) groups excluding carboxylic acids is 1. The minimum absolute atomic E-state index is 0.0979. The number of allylic oxidation sites excluding steroid dienone is 4. The molecule has 0 saturated heterocycles. The Kier molecular flexibility index (Phi) is 8.04. The van der Waals surface area contributed by atoms with Crippen LogP contribution in [0.5, 0.6) is 0 Å². The molecule has 0 heterocycles. The van der Waals surface area contributed by atoms with Crippen LogP contribution in [-0.2, 0) is 4.74 Å². The summed E-state index contributed by atoms with van der Waals surface area (Å²) in [6, 6.07) is 0. The highest BCUT2D eigenvalue weighted by Crippen LogP contribution is 2.58. The summed E-state index contributed by atoms with van der Waals surface area (Å²) in [6.45, 7) is 9.02. The Balaban J connectivity index is 1.40. The minimum Gasteiger partial charge on any atom is -0.442 e. The van der Waals surface area contributed by atoms with E-state index in [1.807, 2.05) is 6.92 Å². The van der Waals surface area contributed by atoms with E-state index in [9.17, 15) is 15.0 Å². The number of aliphatic hydroxyl groups excluding tert-OH is 2. The summed E-state index contributed by atoms with van der Waals surface area (Å²) in [4.78, 5) is 11.9. The van der Waals surface area contributed by atoms with Gasteiger partial charge in [-0.3, -0.25) is 0 Å². The lowest BCUT2D eigenvalue weighted by Crippen LogP contribution is -2.33. The molecule has 4 aliphatic rings. The predicted octanol–water partition coefficient (Wildman–Crippen LogP) is 5.60. The number of nitrogens with one attached hydrogen (secondary N) is 1. The van der Waals surface area contributed by atoms with Crippen LogP contribution >= 0.6 is 0 Å². The third-order valence-electron chi connectivity index (χ3n) is 8.82. The highest BCUT2D eigenvalue weighted by molar-refractivity contribution is 5.67. The normalized spacial score (nSPS) is 37.2. The maximum absolute atomic E-state index is 11.9. The van der Waals surface area contributed by atoms with E-state index in [0.29, 0.717) is 42.6 Å². The van der Waals surface area contributed by atoms with Crippen molar-refractivity contribution in [2.45, 2.75) is 96.4 Å². The lowest BCUT2D eigenvalue weighted by Gasteiger charge is -2.42. The molecular formula is C29H43NO4. The van der Waals surface area contributed by atoms with E-state index in [2.05, 4.69) is 43.1 Å². The second kappa shape index (κ2) is 10.8. The van der Waals surface area contributed by atoms with Crippen molar-refractivity contribution in [2.24, 2.45) is 23.2 Å². The van der Waals surface area contributed by atoms with E-state index < -0.39 is 12.2 Å². The fourth-order valence-corrected chi connectivity index (χ4v) is 6.60. The third-order valence-corrected chi connectivity index (χ3v) is 8.82. The van der Waals surface area contributed by atoms with E-state index in [0.717, 1.165) is 36.8 Å². The number of fused-ring (bicyclic) bond motifs is 1. The quantitative estimate of drug-likeness (QED) is 0.424. The van der Waals surface area contributed by atoms with Crippen molar-refractivity contribution < 1.29 is 19.7 Å². The second-order valence-electron chi connectivity index (χ2n) is 11.2. The van der Waals surface area contributed by atoms with Crippen LogP contribution in [0.3, 0.4) is 0 Å². The topological polar surface area (TPSA) is 78.8 Å². The summed E-state index contributed by atoms with van der Waals surface area (Å²) in [7, 11) is 0. The molecule has 6 atom stereocenters. The van der Waals surface area contributed by atoms with Crippen molar-refractivity contribution in [3.8, 4) is 0 Å². The summed E-state index contributed by atoms with van der Waals surface area (Å²) in [6.07, 6.45) is 17.6. The van der Waals surface area contributed by atoms with Gasteiger partial charge in [-0.05, 0) is 105 Å². The molecular weight excluding hydrogens is 426 g/mol. The minimum atomic E-state index is -0.635. The number of hydrogen-bond acceptors (Lipinski definition) is 4. The zero-order valence-electron chi connectivity index (χ0n) is 21.0. The molecule has 5 nitrogen and oxygen atoms in total. The van der Waals surface area contributed by atoms with Crippen molar-refractivity contribution in [2.75, 3.05) is 6.54 Å². The fourth-order valence-electron chi connectivity index (χ4n) is 6.60. The average molecular weight is 470 g/mol. The van der Waals surface area contributed by atoms with Gasteiger partial charge in [0.2, 0.25) is 0 Å². The van der Waals surface area contributed by atoms with Gasteiger partial charge in [0, 0.05) is 13.0 Å². The van der Waals surface area contributed by atoms with Crippen LogP contribution in [0.2, 0.25) is 0 Å². The summed E-state index contributed by atoms with van der Waals surface area (Å²) in [5.41, 5.74) is 3.56. The first-order chi connectivity index (χ1) is 16.3. The predicted molar refractivity (Wildman–Crippen MR) is 135 cm³/mol. The zero-order chi connectivity index (χ0) is 24.3. The summed E-state index contributed by atoms with van der Waals surface area (Å²) in [5.74, 6) is 1.71. The molecule has 4 rings (SSSR count). The molecule has 4 fully saturated rings. The molecule has 3 N–H and O–H groups in total. The van der Waals surface area contributed by atoms with Crippen LogP contribution in [0.4, 0.5) is 4.79 Å². The molecule has 0 aromatic heterocycles. The second-order valence-corrected chi connectivity index (χ2v) is 11.2. The zero-order valence-corrected chi connectivity index (χ0v) is 21.0. The maximum atomic E-state index is 11.9. The van der Waals surface area contributed by atoms with E-state index in [-0.39, 0.29) is 12.2 Å². The molecule has 0 spiro atoms. The van der Waals surface area contributed by atoms with E-state index in [1.165, 1.54) is 31.3 Å². The largest absolute Gasteiger partial charge is 0.442 e. The van der Waals surface area contributed by atoms with E-state index >= 15 is 0 Å². The summed E-state index contributed by atoms with van der Waals surface area (Å²) >= 11 is 0. The van der Waals surface area contributed by atoms with Crippen molar-refractivity contribution >= 4 is 6.09 Å². The number of aliphatic hydroxyl groups is 2. The molecule has 6 unspecified atom stereocenters. The number of carbonyl (C=O) groups is 1. The molecule has 0 aliphatic heterocycles. The van der Waals surface area contributed by atoms with Crippen molar-refractivity contribution in [3.05, 3.63) is 47.6 Å². The first kappa shape index (κ1) is 25.2. The van der Waals surface area contributed by atoms with Gasteiger partial charge in [0.05, 0.1) is 12.2 Å². The molecule has 34 heavy (non-hydrogen) atoms. The van der Waals surface area contributed by atoms with Gasteiger partial charge in [-0.25, -0.2) is 4.79 Å². The van der Waals surface area contributed by atoms with Crippen LogP contribution in [0.25, 0.3) is 0 Å². The van der Waals surface area contributed by atoms with Crippen LogP contribution in [0.15, 0.2) is 47.6 Å². The number of hydrogen-bond donors (Lipinski definition) is 3. The van der Waals surface area contributed by atoms with Crippen LogP contribution in [0.1, 0.15) is 78.1 Å². The van der Waals surface area contributed by atoms with Crippen LogP contribution < -0.4 is 5.32 Å². The van der Waals surface area contributed by atoms with Gasteiger partial charge in [-0.15, -0.1) is 0 Å². The summed E-state index contributed by atoms with van der Waals surface area (Å²) in [5, 5.41) is 23.0. The number of ether oxygens (including phenoxy) is 1. The van der Waals surface area contributed by atoms with Gasteiger partial charge in [-0.2, -0.15) is 0 Å². The van der Waals surface area contributed by atoms with Crippen molar-refractivity contribution in [1.29, 1.82) is 0 Å². The molecule has 0 aromatic rings. The maximum Gasteiger partial charge on any atom is 0.407 e. The molecule has 4 saturated carbocycles. The van der Waals surface area contributed by atoms with Gasteiger partial charge < -0.3 is 20.3 Å². The van der Waals surface area contributed by atoms with Gasteiger partial charge >= 0.3 is 6.09 Å². The molecule has 188 valence electrons. The monoisotopic (exact) mass is 469 g/mol. The van der Waals surface area contributed by atoms with E-state index in [4.69, 9.17) is 4.74 Å². The Hall–Kier alpha value is -1.85. The Labute approximate surface area is 205 Å². The summed E-state index contributed by atoms with van der Waals surface area (Å²) < 4.78 is 5.65. The number of rotatable bonds is 7. The number of alkyl carbamates (subject to hydrolysis) is 1. The highest BCUT2D eigenvalue weighted by Gasteiger charge is 2.48. The smallest absolute Gasteiger partial charge is 0.407 e. The Morgan fingerprint density at radius 1 is 1.26 bits per heavy atom. The van der Waals surface area contributed by atoms with Gasteiger partial charge in [-0.1, -0.05) is 37.3 Å². The Morgan fingerprint density at radius 2 is 2.06 bits per heavy atom. The molecule has 4 aliphatic carbocycles. The standard InChI is InChI=1S/C29H43NO4/c1-4-30-28(33)34-27(21-11-12-21)9-5-8-23-14-15-25-20(7-6-16-29(23,25)3)10-13-22-17-24(31)18-26(32)19(22)2/h5,9-10,13,21,23-27,31-32H,2,4,6-8,11-12,14-18H2,1,3H3,(H,30,33)/b9-5+,20-10+,22-13-. The fraction of sp³-hybridized carbons (Fsp3) is 0.690. The van der Waals surface area contributed by atoms with Crippen LogP contribution in [-0.4, -0.2) is 41.2 Å². The Morgan fingerprint density at radius 3 is 2.79 bits per heavy atom. The van der Waals surface area contributed by atoms with Gasteiger partial charge in [0.15, 0.2) is 0 Å². The molecule has 0 bridgehead atoms. The first-order valence-corrected chi connectivity index (χ1v) is 13.4. The van der Waals surface area contributed by atoms with Gasteiger partial charge in [0.25, 0.3) is 0 Å². The lowest BCUT2D eigenvalue weighted by atomic mass is 9.63. The van der Waals surface area contributed by atoms with Crippen molar-refractivity contribution in [3.63, 3.8) is 0 Å². The molecule has 0 aromatic carbocycles. The molecule has 0 radical (unpaired) electrons. The average Bonchev–Trinajstić information content (AvgIpc) is 3.58. The number of amides is 1. The SMILES string of the molecule is C=C1/C(=C\C=C2/CCCC3(C)C(C/C=C/C(OC(=O)NCC)C4CC4)CCC23)CC(O)CC1O. The van der Waals surface area contributed by atoms with Crippen molar-refractivity contribution in [1.82, 2.24) is 5.32 Å².